The molecule has 0 heterocycles. The van der Waals surface area contributed by atoms with Crippen LogP contribution in [0.5, 0.6) is 0 Å². The number of nitrogens with zero attached hydrogens (tertiary/aromatic N) is 2. The van der Waals surface area contributed by atoms with Crippen molar-refractivity contribution in [1.29, 1.82) is 0 Å². The van der Waals surface area contributed by atoms with Gasteiger partial charge in [-0.05, 0) is 74.9 Å². The normalized spacial score (nSPS) is 13.2. The highest BCUT2D eigenvalue weighted by molar-refractivity contribution is 8.04. The van der Waals surface area contributed by atoms with Gasteiger partial charge < -0.3 is 8.61 Å². The van der Waals surface area contributed by atoms with Crippen molar-refractivity contribution in [3.8, 4) is 0 Å². The maximum Gasteiger partial charge on any atom is 0.0472 e. The van der Waals surface area contributed by atoms with Gasteiger partial charge in [0.1, 0.15) is 0 Å². The first kappa shape index (κ1) is 21.0. The van der Waals surface area contributed by atoms with Crippen LogP contribution in [0.15, 0.2) is 60.7 Å². The fraction of sp³-hybridized carbons (Fsp3) is 0.455. The van der Waals surface area contributed by atoms with Gasteiger partial charge in [-0.3, -0.25) is 0 Å². The number of benzene rings is 2. The Hall–Kier alpha value is -1.26. The zero-order chi connectivity index (χ0) is 18.8. The molecule has 2 unspecified atom stereocenters. The molecule has 0 aliphatic carbocycles. The average molecular weight is 389 g/mol. The molecule has 0 aliphatic heterocycles. The van der Waals surface area contributed by atoms with Crippen molar-refractivity contribution in [3.63, 3.8) is 0 Å². The second-order valence-electron chi connectivity index (χ2n) is 6.50. The van der Waals surface area contributed by atoms with E-state index in [1.54, 1.807) is 0 Å². The van der Waals surface area contributed by atoms with Crippen LogP contribution in [0.1, 0.15) is 40.5 Å². The van der Waals surface area contributed by atoms with Crippen molar-refractivity contribution >= 4 is 35.3 Å². The van der Waals surface area contributed by atoms with E-state index in [2.05, 4.69) is 97.0 Å². The van der Waals surface area contributed by atoms with Crippen LogP contribution in [0.4, 0.5) is 11.4 Å². The fourth-order valence-electron chi connectivity index (χ4n) is 2.67. The summed E-state index contributed by atoms with van der Waals surface area (Å²) in [5, 5.41) is 0. The molecule has 0 aromatic heterocycles. The van der Waals surface area contributed by atoms with Crippen LogP contribution in [-0.2, 0) is 0 Å². The minimum absolute atomic E-state index is 0.534. The number of hydrogen-bond donors (Lipinski definition) is 0. The van der Waals surface area contributed by atoms with Crippen molar-refractivity contribution in [2.75, 3.05) is 20.1 Å². The second-order valence-corrected chi connectivity index (χ2v) is 8.62. The summed E-state index contributed by atoms with van der Waals surface area (Å²) in [5.41, 5.74) is 2.61. The van der Waals surface area contributed by atoms with E-state index < -0.39 is 0 Å². The highest BCUT2D eigenvalue weighted by atomic mass is 32.2. The van der Waals surface area contributed by atoms with E-state index in [0.29, 0.717) is 12.1 Å². The lowest BCUT2D eigenvalue weighted by Gasteiger charge is -2.31. The van der Waals surface area contributed by atoms with Gasteiger partial charge in [-0.25, -0.2) is 0 Å². The van der Waals surface area contributed by atoms with Crippen LogP contribution >= 0.6 is 23.9 Å². The molecule has 2 aromatic rings. The predicted octanol–water partition coefficient (Wildman–Crippen LogP) is 6.89. The molecular weight excluding hydrogens is 356 g/mol. The molecule has 0 bridgehead atoms. The van der Waals surface area contributed by atoms with Crippen LogP contribution in [0.25, 0.3) is 0 Å². The van der Waals surface area contributed by atoms with Crippen molar-refractivity contribution in [2.24, 2.45) is 0 Å². The van der Waals surface area contributed by atoms with Crippen molar-refractivity contribution in [2.45, 2.75) is 52.6 Å². The van der Waals surface area contributed by atoms with Crippen LogP contribution < -0.4 is 8.61 Å². The van der Waals surface area contributed by atoms with Gasteiger partial charge in [0.25, 0.3) is 0 Å². The molecule has 2 atom stereocenters. The topological polar surface area (TPSA) is 6.48 Å². The lowest BCUT2D eigenvalue weighted by Crippen LogP contribution is -2.28. The number of hydrogen-bond acceptors (Lipinski definition) is 4. The molecule has 26 heavy (non-hydrogen) atoms. The molecule has 0 radical (unpaired) electrons. The van der Waals surface area contributed by atoms with Gasteiger partial charge in [0.05, 0.1) is 0 Å². The van der Waals surface area contributed by atoms with E-state index in [1.165, 1.54) is 11.4 Å². The van der Waals surface area contributed by atoms with Gasteiger partial charge in [-0.1, -0.05) is 50.2 Å². The van der Waals surface area contributed by atoms with Gasteiger partial charge in [0.15, 0.2) is 0 Å². The number of anilines is 2. The summed E-state index contributed by atoms with van der Waals surface area (Å²) in [4.78, 5) is 0. The SMILES string of the molecule is CCC(C)N(SCCSN(c1ccccc1)C(C)CC)c1ccccc1. The van der Waals surface area contributed by atoms with E-state index in [0.717, 1.165) is 24.3 Å². The monoisotopic (exact) mass is 388 g/mol. The molecule has 0 fully saturated rings. The quantitative estimate of drug-likeness (QED) is 0.305. The maximum absolute atomic E-state index is 2.47. The molecule has 0 amide bonds. The highest BCUT2D eigenvalue weighted by Gasteiger charge is 2.16. The van der Waals surface area contributed by atoms with Crippen molar-refractivity contribution in [1.82, 2.24) is 0 Å². The molecule has 4 heteroatoms. The summed E-state index contributed by atoms with van der Waals surface area (Å²) in [6.45, 7) is 9.14. The van der Waals surface area contributed by atoms with Crippen LogP contribution in [0.2, 0.25) is 0 Å². The fourth-order valence-corrected chi connectivity index (χ4v) is 5.00. The number of para-hydroxylation sites is 2. The maximum atomic E-state index is 2.47. The lowest BCUT2D eigenvalue weighted by atomic mass is 10.2. The smallest absolute Gasteiger partial charge is 0.0472 e. The third kappa shape index (κ3) is 6.17. The largest absolute Gasteiger partial charge is 0.313 e. The standard InChI is InChI=1S/C22H32N2S2/c1-5-19(3)23(21-13-9-7-10-14-21)25-17-18-26-24(20(4)6-2)22-15-11-8-12-16-22/h7-16,19-20H,5-6,17-18H2,1-4H3. The van der Waals surface area contributed by atoms with Gasteiger partial charge >= 0.3 is 0 Å². The molecule has 0 saturated carbocycles. The molecule has 142 valence electrons. The van der Waals surface area contributed by atoms with Gasteiger partial charge in [0.2, 0.25) is 0 Å². The summed E-state index contributed by atoms with van der Waals surface area (Å²) < 4.78 is 4.94. The van der Waals surface area contributed by atoms with Crippen LogP contribution in [0, 0.1) is 0 Å². The van der Waals surface area contributed by atoms with Gasteiger partial charge in [-0.2, -0.15) is 0 Å². The first-order chi connectivity index (χ1) is 12.7. The Morgan fingerprint density at radius 1 is 0.654 bits per heavy atom. The molecule has 0 saturated heterocycles. The average Bonchev–Trinajstić information content (AvgIpc) is 2.71. The first-order valence-electron chi connectivity index (χ1n) is 9.61. The third-order valence-corrected chi connectivity index (χ3v) is 7.28. The van der Waals surface area contributed by atoms with E-state index in [-0.39, 0.29) is 0 Å². The summed E-state index contributed by atoms with van der Waals surface area (Å²) in [5.74, 6) is 2.20. The van der Waals surface area contributed by atoms with Crippen LogP contribution in [0.3, 0.4) is 0 Å². The lowest BCUT2D eigenvalue weighted by molar-refractivity contribution is 0.719. The Kier molecular flexibility index (Phi) is 9.27. The summed E-state index contributed by atoms with van der Waals surface area (Å²) in [6.07, 6.45) is 2.30. The number of rotatable bonds is 11. The summed E-state index contributed by atoms with van der Waals surface area (Å²) in [7, 11) is 0. The predicted molar refractivity (Wildman–Crippen MR) is 122 cm³/mol. The van der Waals surface area contributed by atoms with Crippen molar-refractivity contribution < 1.29 is 0 Å². The molecule has 0 spiro atoms. The van der Waals surface area contributed by atoms with Gasteiger partial charge in [0, 0.05) is 35.0 Å². The molecule has 2 nitrogen and oxygen atoms in total. The molecular formula is C22H32N2S2. The Morgan fingerprint density at radius 2 is 1.00 bits per heavy atom. The molecule has 2 rings (SSSR count). The zero-order valence-corrected chi connectivity index (χ0v) is 18.1. The molecule has 0 N–H and O–H groups in total. The van der Waals surface area contributed by atoms with Crippen LogP contribution in [-0.4, -0.2) is 23.6 Å². The first-order valence-corrected chi connectivity index (χ1v) is 11.5. The summed E-state index contributed by atoms with van der Waals surface area (Å²) in [6, 6.07) is 22.6. The Bertz CT molecular complexity index is 551. The Morgan fingerprint density at radius 3 is 1.31 bits per heavy atom. The zero-order valence-electron chi connectivity index (χ0n) is 16.5. The Labute approximate surface area is 168 Å². The second kappa shape index (κ2) is 11.5. The summed E-state index contributed by atoms with van der Waals surface area (Å²) >= 11 is 3.90. The third-order valence-electron chi connectivity index (χ3n) is 4.55. The molecule has 2 aromatic carbocycles. The molecule has 0 aliphatic rings. The van der Waals surface area contributed by atoms with Crippen molar-refractivity contribution in [3.05, 3.63) is 60.7 Å². The van der Waals surface area contributed by atoms with E-state index in [4.69, 9.17) is 0 Å². The highest BCUT2D eigenvalue weighted by Crippen LogP contribution is 2.30. The Balaban J connectivity index is 1.93. The minimum atomic E-state index is 0.534. The van der Waals surface area contributed by atoms with E-state index >= 15 is 0 Å². The van der Waals surface area contributed by atoms with E-state index in [9.17, 15) is 0 Å². The van der Waals surface area contributed by atoms with Gasteiger partial charge in [-0.15, -0.1) is 0 Å². The van der Waals surface area contributed by atoms with E-state index in [1.807, 2.05) is 23.9 Å². The minimum Gasteiger partial charge on any atom is -0.313 e.